The molecule has 1 saturated heterocycles. The van der Waals surface area contributed by atoms with Crippen LogP contribution in [-0.4, -0.2) is 46.4 Å². The van der Waals surface area contributed by atoms with Gasteiger partial charge in [-0.05, 0) is 24.3 Å². The first-order valence-corrected chi connectivity index (χ1v) is 8.66. The first-order valence-electron chi connectivity index (χ1n) is 8.28. The summed E-state index contributed by atoms with van der Waals surface area (Å²) >= 11 is 6.21. The molecule has 7 heteroatoms. The van der Waals surface area contributed by atoms with Gasteiger partial charge in [0, 0.05) is 18.7 Å². The van der Waals surface area contributed by atoms with Gasteiger partial charge in [-0.25, -0.2) is 0 Å². The summed E-state index contributed by atoms with van der Waals surface area (Å²) in [4.78, 5) is 15.0. The molecular weight excluding hydrogens is 356 g/mol. The van der Waals surface area contributed by atoms with Crippen molar-refractivity contribution >= 4 is 28.9 Å². The predicted octanol–water partition coefficient (Wildman–Crippen LogP) is 3.45. The Balaban J connectivity index is 1.86. The van der Waals surface area contributed by atoms with Gasteiger partial charge in [0.25, 0.3) is 5.91 Å². The number of para-hydroxylation sites is 2. The maximum absolute atomic E-state index is 12.8. The molecule has 1 N–H and O–H groups in total. The van der Waals surface area contributed by atoms with Gasteiger partial charge in [0.2, 0.25) is 0 Å². The molecule has 0 bridgehead atoms. The zero-order valence-corrected chi connectivity index (χ0v) is 15.5. The van der Waals surface area contributed by atoms with Gasteiger partial charge in [0.1, 0.15) is 0 Å². The minimum Gasteiger partial charge on any atom is -0.493 e. The summed E-state index contributed by atoms with van der Waals surface area (Å²) in [7, 11) is 3.01. The van der Waals surface area contributed by atoms with Crippen molar-refractivity contribution in [1.29, 1.82) is 0 Å². The fraction of sp³-hybridized carbons (Fsp3) is 0.316. The van der Waals surface area contributed by atoms with Crippen LogP contribution in [-0.2, 0) is 4.74 Å². The number of halogens is 1. The molecule has 0 unspecified atom stereocenters. The molecule has 0 aromatic heterocycles. The van der Waals surface area contributed by atoms with E-state index >= 15 is 0 Å². The highest BCUT2D eigenvalue weighted by atomic mass is 35.5. The summed E-state index contributed by atoms with van der Waals surface area (Å²) in [5, 5.41) is 3.28. The smallest absolute Gasteiger partial charge is 0.255 e. The summed E-state index contributed by atoms with van der Waals surface area (Å²) in [5.41, 5.74) is 2.10. The fourth-order valence-electron chi connectivity index (χ4n) is 2.90. The zero-order valence-electron chi connectivity index (χ0n) is 14.8. The Morgan fingerprint density at radius 2 is 1.88 bits per heavy atom. The third-order valence-electron chi connectivity index (χ3n) is 4.20. The van der Waals surface area contributed by atoms with E-state index < -0.39 is 0 Å². The Hall–Kier alpha value is -2.44. The van der Waals surface area contributed by atoms with E-state index in [1.54, 1.807) is 12.1 Å². The van der Waals surface area contributed by atoms with E-state index in [0.717, 1.165) is 24.5 Å². The van der Waals surface area contributed by atoms with Crippen LogP contribution < -0.4 is 19.7 Å². The van der Waals surface area contributed by atoms with Gasteiger partial charge in [-0.15, -0.1) is 0 Å². The SMILES string of the molecule is COc1cc(C(=O)Nc2ccccc2N2CCOCC2)cc(Cl)c1OC. The largest absolute Gasteiger partial charge is 0.493 e. The summed E-state index contributed by atoms with van der Waals surface area (Å²) in [6.07, 6.45) is 0. The van der Waals surface area contributed by atoms with E-state index in [4.69, 9.17) is 25.8 Å². The second-order valence-electron chi connectivity index (χ2n) is 5.76. The highest BCUT2D eigenvalue weighted by Crippen LogP contribution is 2.36. The Bertz CT molecular complexity index is 791. The lowest BCUT2D eigenvalue weighted by Crippen LogP contribution is -2.36. The number of ether oxygens (including phenoxy) is 3. The molecule has 1 aliphatic rings. The van der Waals surface area contributed by atoms with Crippen LogP contribution >= 0.6 is 11.6 Å². The fourth-order valence-corrected chi connectivity index (χ4v) is 3.19. The standard InChI is InChI=1S/C19H21ClN2O4/c1-24-17-12-13(11-14(20)18(17)25-2)19(23)21-15-5-3-4-6-16(15)22-7-9-26-10-8-22/h3-6,11-12H,7-10H2,1-2H3,(H,21,23). The van der Waals surface area contributed by atoms with Crippen molar-refractivity contribution in [3.8, 4) is 11.5 Å². The van der Waals surface area contributed by atoms with Crippen molar-refractivity contribution in [2.75, 3.05) is 50.7 Å². The first kappa shape index (κ1) is 18.4. The number of anilines is 2. The van der Waals surface area contributed by atoms with Crippen LogP contribution in [0.15, 0.2) is 36.4 Å². The van der Waals surface area contributed by atoms with Crippen LogP contribution in [0, 0.1) is 0 Å². The van der Waals surface area contributed by atoms with Crippen molar-refractivity contribution in [2.45, 2.75) is 0 Å². The number of morpholine rings is 1. The summed E-state index contributed by atoms with van der Waals surface area (Å²) in [5.74, 6) is 0.541. The van der Waals surface area contributed by atoms with Crippen molar-refractivity contribution in [3.05, 3.63) is 47.0 Å². The van der Waals surface area contributed by atoms with Crippen LogP contribution in [0.5, 0.6) is 11.5 Å². The average Bonchev–Trinajstić information content (AvgIpc) is 2.68. The van der Waals surface area contributed by atoms with Gasteiger partial charge >= 0.3 is 0 Å². The van der Waals surface area contributed by atoms with E-state index in [9.17, 15) is 4.79 Å². The normalized spacial score (nSPS) is 14.0. The second kappa shape index (κ2) is 8.29. The number of rotatable bonds is 5. The van der Waals surface area contributed by atoms with Crippen LogP contribution in [0.4, 0.5) is 11.4 Å². The number of nitrogens with one attached hydrogen (secondary N) is 1. The van der Waals surface area contributed by atoms with E-state index in [2.05, 4.69) is 10.2 Å². The molecule has 0 radical (unpaired) electrons. The number of nitrogens with zero attached hydrogens (tertiary/aromatic N) is 1. The third kappa shape index (κ3) is 3.86. The number of carbonyl (C=O) groups excluding carboxylic acids is 1. The van der Waals surface area contributed by atoms with Crippen molar-refractivity contribution < 1.29 is 19.0 Å². The number of carbonyl (C=O) groups is 1. The number of benzene rings is 2. The quantitative estimate of drug-likeness (QED) is 0.866. The van der Waals surface area contributed by atoms with E-state index in [0.29, 0.717) is 35.3 Å². The van der Waals surface area contributed by atoms with Crippen LogP contribution in [0.1, 0.15) is 10.4 Å². The average molecular weight is 377 g/mol. The molecule has 0 atom stereocenters. The molecular formula is C19H21ClN2O4. The van der Waals surface area contributed by atoms with Crippen molar-refractivity contribution in [3.63, 3.8) is 0 Å². The second-order valence-corrected chi connectivity index (χ2v) is 6.17. The topological polar surface area (TPSA) is 60.0 Å². The molecule has 1 aliphatic heterocycles. The van der Waals surface area contributed by atoms with Crippen molar-refractivity contribution in [2.24, 2.45) is 0 Å². The minimum absolute atomic E-state index is 0.270. The van der Waals surface area contributed by atoms with Gasteiger partial charge in [0.05, 0.1) is 43.8 Å². The highest BCUT2D eigenvalue weighted by Gasteiger charge is 2.18. The Morgan fingerprint density at radius 3 is 2.58 bits per heavy atom. The molecule has 2 aromatic rings. The van der Waals surface area contributed by atoms with Crippen LogP contribution in [0.3, 0.4) is 0 Å². The molecule has 1 fully saturated rings. The summed E-state index contributed by atoms with van der Waals surface area (Å²) in [6, 6.07) is 10.9. The maximum atomic E-state index is 12.8. The minimum atomic E-state index is -0.270. The Labute approximate surface area is 157 Å². The molecule has 0 saturated carbocycles. The van der Waals surface area contributed by atoms with Gasteiger partial charge in [0.15, 0.2) is 11.5 Å². The van der Waals surface area contributed by atoms with Gasteiger partial charge in [-0.1, -0.05) is 23.7 Å². The molecule has 0 spiro atoms. The molecule has 6 nitrogen and oxygen atoms in total. The van der Waals surface area contributed by atoms with E-state index in [1.165, 1.54) is 14.2 Å². The molecule has 3 rings (SSSR count). The molecule has 26 heavy (non-hydrogen) atoms. The first-order chi connectivity index (χ1) is 12.6. The van der Waals surface area contributed by atoms with E-state index in [1.807, 2.05) is 24.3 Å². The number of hydrogen-bond acceptors (Lipinski definition) is 5. The summed E-state index contributed by atoms with van der Waals surface area (Å²) < 4.78 is 15.9. The van der Waals surface area contributed by atoms with E-state index in [-0.39, 0.29) is 5.91 Å². The molecule has 1 amide bonds. The third-order valence-corrected chi connectivity index (χ3v) is 4.48. The van der Waals surface area contributed by atoms with Gasteiger partial charge in [-0.3, -0.25) is 4.79 Å². The highest BCUT2D eigenvalue weighted by molar-refractivity contribution is 6.32. The molecule has 1 heterocycles. The molecule has 138 valence electrons. The lowest BCUT2D eigenvalue weighted by Gasteiger charge is -2.30. The van der Waals surface area contributed by atoms with Crippen LogP contribution in [0.2, 0.25) is 5.02 Å². The lowest BCUT2D eigenvalue weighted by atomic mass is 10.1. The number of amides is 1. The predicted molar refractivity (Wildman–Crippen MR) is 102 cm³/mol. The maximum Gasteiger partial charge on any atom is 0.255 e. The molecule has 2 aromatic carbocycles. The summed E-state index contributed by atoms with van der Waals surface area (Å²) in [6.45, 7) is 2.92. The van der Waals surface area contributed by atoms with Gasteiger partial charge < -0.3 is 24.4 Å². The zero-order chi connectivity index (χ0) is 18.5. The van der Waals surface area contributed by atoms with Crippen molar-refractivity contribution in [1.82, 2.24) is 0 Å². The van der Waals surface area contributed by atoms with Crippen LogP contribution in [0.25, 0.3) is 0 Å². The van der Waals surface area contributed by atoms with Gasteiger partial charge in [-0.2, -0.15) is 0 Å². The molecule has 0 aliphatic carbocycles. The lowest BCUT2D eigenvalue weighted by molar-refractivity contribution is 0.102. The Kier molecular flexibility index (Phi) is 5.85. The Morgan fingerprint density at radius 1 is 1.15 bits per heavy atom. The number of hydrogen-bond donors (Lipinski definition) is 1. The number of methoxy groups -OCH3 is 2. The monoisotopic (exact) mass is 376 g/mol.